The normalized spacial score (nSPS) is 9.42. The molecule has 3 nitrogen and oxygen atoms in total. The molecule has 1 aromatic rings. The Bertz CT molecular complexity index is 263. The number of benzene rings is 1. The van der Waals surface area contributed by atoms with Crippen molar-refractivity contribution >= 4 is 23.3 Å². The van der Waals surface area contributed by atoms with Gasteiger partial charge in [-0.25, -0.2) is 4.79 Å². The van der Waals surface area contributed by atoms with Gasteiger partial charge >= 0.3 is 6.03 Å². The van der Waals surface area contributed by atoms with Crippen LogP contribution in [0.15, 0.2) is 30.3 Å². The Balaban J connectivity index is 2.88. The van der Waals surface area contributed by atoms with Crippen LogP contribution in [0.2, 0.25) is 0 Å². The molecule has 0 saturated carbocycles. The maximum atomic E-state index is 10.8. The molecule has 4 heteroatoms. The van der Waals surface area contributed by atoms with Gasteiger partial charge in [0.05, 0.1) is 0 Å². The number of urea groups is 1. The van der Waals surface area contributed by atoms with E-state index in [0.717, 1.165) is 0 Å². The van der Waals surface area contributed by atoms with E-state index in [9.17, 15) is 4.79 Å². The molecule has 1 aromatic carbocycles. The number of rotatable bonds is 2. The Morgan fingerprint density at radius 2 is 2.00 bits per heavy atom. The fraction of sp³-hybridized carbons (Fsp3) is 0.125. The third-order valence-electron chi connectivity index (χ3n) is 1.45. The van der Waals surface area contributed by atoms with Crippen LogP contribution in [-0.4, -0.2) is 12.0 Å². The molecule has 0 fully saturated rings. The summed E-state index contributed by atoms with van der Waals surface area (Å²) in [6.45, 7) is 0. The third kappa shape index (κ3) is 1.89. The fourth-order valence-corrected chi connectivity index (χ4v) is 1.12. The van der Waals surface area contributed by atoms with Gasteiger partial charge in [0.15, 0.2) is 0 Å². The summed E-state index contributed by atoms with van der Waals surface area (Å²) in [7, 11) is 0. The van der Waals surface area contributed by atoms with Gasteiger partial charge in [0, 0.05) is 5.69 Å². The zero-order valence-electron chi connectivity index (χ0n) is 6.40. The quantitative estimate of drug-likeness (QED) is 0.553. The molecule has 0 unspecified atom stereocenters. The van der Waals surface area contributed by atoms with Crippen molar-refractivity contribution in [2.24, 2.45) is 5.73 Å². The summed E-state index contributed by atoms with van der Waals surface area (Å²) in [4.78, 5) is 12.1. The molecule has 0 aliphatic heterocycles. The zero-order valence-corrected chi connectivity index (χ0v) is 7.16. The molecular formula is C8H9ClN2O. The van der Waals surface area contributed by atoms with Gasteiger partial charge in [-0.05, 0) is 12.1 Å². The number of nitrogens with two attached hydrogens (primary N) is 1. The molecule has 2 N–H and O–H groups in total. The second-order valence-corrected chi connectivity index (χ2v) is 2.46. The van der Waals surface area contributed by atoms with Crippen LogP contribution >= 0.6 is 11.6 Å². The summed E-state index contributed by atoms with van der Waals surface area (Å²) < 4.78 is 0. The molecule has 0 aliphatic rings. The number of hydrogen-bond acceptors (Lipinski definition) is 1. The summed E-state index contributed by atoms with van der Waals surface area (Å²) in [5, 5.41) is 0. The van der Waals surface area contributed by atoms with E-state index in [1.807, 2.05) is 18.2 Å². The number of carbonyl (C=O) groups is 1. The van der Waals surface area contributed by atoms with E-state index in [0.29, 0.717) is 5.69 Å². The first-order valence-electron chi connectivity index (χ1n) is 3.43. The SMILES string of the molecule is NC(=O)N(CCl)c1ccccc1. The monoisotopic (exact) mass is 184 g/mol. The van der Waals surface area contributed by atoms with Crippen molar-refractivity contribution in [1.29, 1.82) is 0 Å². The van der Waals surface area contributed by atoms with Crippen molar-refractivity contribution in [3.05, 3.63) is 30.3 Å². The maximum absolute atomic E-state index is 10.8. The van der Waals surface area contributed by atoms with Crippen molar-refractivity contribution in [2.75, 3.05) is 10.9 Å². The standard InChI is InChI=1S/C8H9ClN2O/c9-6-11(8(10)12)7-4-2-1-3-5-7/h1-5H,6H2,(H2,10,12). The van der Waals surface area contributed by atoms with Gasteiger partial charge in [-0.3, -0.25) is 4.90 Å². The molecular weight excluding hydrogens is 176 g/mol. The van der Waals surface area contributed by atoms with Crippen LogP contribution in [0.3, 0.4) is 0 Å². The van der Waals surface area contributed by atoms with Crippen LogP contribution in [0, 0.1) is 0 Å². The zero-order chi connectivity index (χ0) is 8.97. The predicted molar refractivity (Wildman–Crippen MR) is 49.2 cm³/mol. The summed E-state index contributed by atoms with van der Waals surface area (Å²) in [6.07, 6.45) is 0. The van der Waals surface area contributed by atoms with Gasteiger partial charge in [-0.2, -0.15) is 0 Å². The number of primary amides is 1. The van der Waals surface area contributed by atoms with E-state index >= 15 is 0 Å². The highest BCUT2D eigenvalue weighted by Gasteiger charge is 2.08. The van der Waals surface area contributed by atoms with Crippen LogP contribution in [0.4, 0.5) is 10.5 Å². The Labute approximate surface area is 75.7 Å². The Morgan fingerprint density at radius 1 is 1.42 bits per heavy atom. The Morgan fingerprint density at radius 3 is 2.42 bits per heavy atom. The molecule has 1 rings (SSSR count). The topological polar surface area (TPSA) is 46.3 Å². The van der Waals surface area contributed by atoms with E-state index in [1.165, 1.54) is 4.90 Å². The highest BCUT2D eigenvalue weighted by atomic mass is 35.5. The van der Waals surface area contributed by atoms with Crippen molar-refractivity contribution in [2.45, 2.75) is 0 Å². The number of para-hydroxylation sites is 1. The molecule has 0 spiro atoms. The van der Waals surface area contributed by atoms with Crippen molar-refractivity contribution < 1.29 is 4.79 Å². The number of nitrogens with zero attached hydrogens (tertiary/aromatic N) is 1. The van der Waals surface area contributed by atoms with Crippen LogP contribution in [0.1, 0.15) is 0 Å². The average Bonchev–Trinajstić information content (AvgIpc) is 2.07. The van der Waals surface area contributed by atoms with Crippen molar-refractivity contribution in [3.63, 3.8) is 0 Å². The van der Waals surface area contributed by atoms with Crippen LogP contribution in [0.25, 0.3) is 0 Å². The van der Waals surface area contributed by atoms with Gasteiger partial charge in [0.1, 0.15) is 6.00 Å². The van der Waals surface area contributed by atoms with Crippen LogP contribution in [-0.2, 0) is 0 Å². The first-order chi connectivity index (χ1) is 5.75. The summed E-state index contributed by atoms with van der Waals surface area (Å²) in [5.74, 6) is 0. The lowest BCUT2D eigenvalue weighted by Gasteiger charge is -2.16. The minimum atomic E-state index is -0.545. The minimum absolute atomic E-state index is 0.0688. The van der Waals surface area contributed by atoms with Gasteiger partial charge in [0.2, 0.25) is 0 Å². The molecule has 0 bridgehead atoms. The molecule has 12 heavy (non-hydrogen) atoms. The van der Waals surface area contributed by atoms with E-state index in [1.54, 1.807) is 12.1 Å². The molecule has 0 aliphatic carbocycles. The lowest BCUT2D eigenvalue weighted by atomic mass is 10.3. The lowest BCUT2D eigenvalue weighted by molar-refractivity contribution is 0.255. The third-order valence-corrected chi connectivity index (χ3v) is 1.69. The number of anilines is 1. The number of carbonyl (C=O) groups excluding carboxylic acids is 1. The second-order valence-electron chi connectivity index (χ2n) is 2.22. The number of halogens is 1. The van der Waals surface area contributed by atoms with E-state index < -0.39 is 6.03 Å². The minimum Gasteiger partial charge on any atom is -0.351 e. The highest BCUT2D eigenvalue weighted by Crippen LogP contribution is 2.12. The molecule has 0 aromatic heterocycles. The van der Waals surface area contributed by atoms with E-state index in [4.69, 9.17) is 17.3 Å². The van der Waals surface area contributed by atoms with Gasteiger partial charge in [0.25, 0.3) is 0 Å². The summed E-state index contributed by atoms with van der Waals surface area (Å²) in [6, 6.07) is 8.56. The Kier molecular flexibility index (Phi) is 2.94. The predicted octanol–water partition coefficient (Wildman–Crippen LogP) is 1.77. The molecule has 0 saturated heterocycles. The van der Waals surface area contributed by atoms with Crippen LogP contribution < -0.4 is 10.6 Å². The molecule has 64 valence electrons. The highest BCUT2D eigenvalue weighted by molar-refractivity contribution is 6.21. The van der Waals surface area contributed by atoms with Gasteiger partial charge in [-0.1, -0.05) is 18.2 Å². The number of amides is 2. The molecule has 0 heterocycles. The first-order valence-corrected chi connectivity index (χ1v) is 3.97. The van der Waals surface area contributed by atoms with E-state index in [2.05, 4.69) is 0 Å². The van der Waals surface area contributed by atoms with Crippen molar-refractivity contribution in [3.8, 4) is 0 Å². The first kappa shape index (κ1) is 8.87. The summed E-state index contributed by atoms with van der Waals surface area (Å²) >= 11 is 5.52. The molecule has 0 atom stereocenters. The Hall–Kier alpha value is -1.22. The summed E-state index contributed by atoms with van der Waals surface area (Å²) in [5.41, 5.74) is 5.79. The van der Waals surface area contributed by atoms with Crippen LogP contribution in [0.5, 0.6) is 0 Å². The van der Waals surface area contributed by atoms with Crippen molar-refractivity contribution in [1.82, 2.24) is 0 Å². The number of alkyl halides is 1. The van der Waals surface area contributed by atoms with Gasteiger partial charge < -0.3 is 5.73 Å². The lowest BCUT2D eigenvalue weighted by Crippen LogP contribution is -2.34. The molecule has 0 radical (unpaired) electrons. The largest absolute Gasteiger partial charge is 0.351 e. The number of hydrogen-bond donors (Lipinski definition) is 1. The second kappa shape index (κ2) is 3.97. The van der Waals surface area contributed by atoms with E-state index in [-0.39, 0.29) is 6.00 Å². The molecule has 2 amide bonds. The average molecular weight is 185 g/mol. The smallest absolute Gasteiger partial charge is 0.320 e. The maximum Gasteiger partial charge on any atom is 0.320 e. The van der Waals surface area contributed by atoms with Gasteiger partial charge in [-0.15, -0.1) is 11.6 Å². The fourth-order valence-electron chi connectivity index (χ4n) is 0.863.